The molecule has 0 saturated heterocycles. The molecule has 2 nitrogen and oxygen atoms in total. The highest BCUT2D eigenvalue weighted by atomic mass is 35.5. The predicted molar refractivity (Wildman–Crippen MR) is 55.1 cm³/mol. The number of hydrogen-bond donors (Lipinski definition) is 1. The van der Waals surface area contributed by atoms with E-state index in [9.17, 15) is 4.39 Å². The van der Waals surface area contributed by atoms with Crippen LogP contribution in [0.1, 0.15) is 6.92 Å². The van der Waals surface area contributed by atoms with Crippen LogP contribution in [0.4, 0.5) is 4.39 Å². The van der Waals surface area contributed by atoms with Crippen molar-refractivity contribution in [1.82, 2.24) is 0 Å². The van der Waals surface area contributed by atoms with Gasteiger partial charge in [-0.05, 0) is 18.7 Å². The molecule has 2 N–H and O–H groups in total. The lowest BCUT2D eigenvalue weighted by Gasteiger charge is -2.10. The first kappa shape index (κ1) is 11.3. The summed E-state index contributed by atoms with van der Waals surface area (Å²) in [6, 6.07) is 4.37. The van der Waals surface area contributed by atoms with Gasteiger partial charge in [-0.1, -0.05) is 18.5 Å². The van der Waals surface area contributed by atoms with E-state index in [-0.39, 0.29) is 10.9 Å². The van der Waals surface area contributed by atoms with E-state index in [0.717, 1.165) is 0 Å². The van der Waals surface area contributed by atoms with Gasteiger partial charge < -0.3 is 10.5 Å². The lowest BCUT2D eigenvalue weighted by Crippen LogP contribution is -2.18. The van der Waals surface area contributed by atoms with Gasteiger partial charge in [0, 0.05) is 12.0 Å². The van der Waals surface area contributed by atoms with Gasteiger partial charge in [0.05, 0.1) is 11.6 Å². The van der Waals surface area contributed by atoms with Gasteiger partial charge in [0.25, 0.3) is 0 Å². The molecule has 1 aromatic carbocycles. The van der Waals surface area contributed by atoms with E-state index in [1.807, 2.05) is 6.92 Å². The Bertz CT molecular complexity index is 306. The molecule has 0 amide bonds. The summed E-state index contributed by atoms with van der Waals surface area (Å²) in [5, 5.41) is 0.101. The van der Waals surface area contributed by atoms with Crippen LogP contribution in [0.5, 0.6) is 5.75 Å². The second-order valence-electron chi connectivity index (χ2n) is 3.23. The number of hydrogen-bond acceptors (Lipinski definition) is 2. The van der Waals surface area contributed by atoms with Crippen molar-refractivity contribution < 1.29 is 9.13 Å². The number of rotatable bonds is 4. The summed E-state index contributed by atoms with van der Waals surface area (Å²) in [7, 11) is 0. The van der Waals surface area contributed by atoms with Crippen LogP contribution in [0, 0.1) is 11.7 Å². The fourth-order valence-electron chi connectivity index (χ4n) is 0.873. The molecule has 0 fully saturated rings. The van der Waals surface area contributed by atoms with Crippen molar-refractivity contribution in [3.8, 4) is 5.75 Å². The maximum absolute atomic E-state index is 12.9. The van der Waals surface area contributed by atoms with Crippen LogP contribution in [0.2, 0.25) is 5.02 Å². The van der Waals surface area contributed by atoms with Crippen molar-refractivity contribution in [1.29, 1.82) is 0 Å². The first-order valence-corrected chi connectivity index (χ1v) is 4.79. The topological polar surface area (TPSA) is 35.2 Å². The zero-order valence-electron chi connectivity index (χ0n) is 7.97. The minimum Gasteiger partial charge on any atom is -0.493 e. The normalized spacial score (nSPS) is 12.6. The molecular formula is C10H13ClFNO. The molecule has 0 aliphatic rings. The van der Waals surface area contributed by atoms with E-state index in [1.165, 1.54) is 12.1 Å². The Morgan fingerprint density at radius 3 is 2.86 bits per heavy atom. The van der Waals surface area contributed by atoms with Crippen LogP contribution in [-0.4, -0.2) is 13.2 Å². The van der Waals surface area contributed by atoms with Gasteiger partial charge in [0.2, 0.25) is 0 Å². The maximum Gasteiger partial charge on any atom is 0.145 e. The summed E-state index contributed by atoms with van der Waals surface area (Å²) in [6.07, 6.45) is 0. The average Bonchev–Trinajstić information content (AvgIpc) is 2.19. The summed E-state index contributed by atoms with van der Waals surface area (Å²) in [4.78, 5) is 0. The third kappa shape index (κ3) is 3.16. The van der Waals surface area contributed by atoms with Crippen LogP contribution in [0.25, 0.3) is 0 Å². The van der Waals surface area contributed by atoms with Crippen LogP contribution in [-0.2, 0) is 0 Å². The summed E-state index contributed by atoms with van der Waals surface area (Å²) in [5.41, 5.74) is 5.42. The van der Waals surface area contributed by atoms with Gasteiger partial charge in [0.1, 0.15) is 11.6 Å². The molecule has 78 valence electrons. The summed E-state index contributed by atoms with van der Waals surface area (Å²) in [6.45, 7) is 3.00. The molecule has 1 aromatic rings. The molecule has 4 heteroatoms. The maximum atomic E-state index is 12.9. The van der Waals surface area contributed by atoms with E-state index < -0.39 is 5.82 Å². The smallest absolute Gasteiger partial charge is 0.145 e. The Morgan fingerprint density at radius 2 is 2.29 bits per heavy atom. The molecular weight excluding hydrogens is 205 g/mol. The Kier molecular flexibility index (Phi) is 4.17. The molecule has 0 heterocycles. The lowest BCUT2D eigenvalue weighted by molar-refractivity contribution is 0.263. The van der Waals surface area contributed by atoms with Crippen LogP contribution >= 0.6 is 11.6 Å². The van der Waals surface area contributed by atoms with Gasteiger partial charge in [-0.3, -0.25) is 0 Å². The monoisotopic (exact) mass is 217 g/mol. The van der Waals surface area contributed by atoms with Crippen molar-refractivity contribution in [3.05, 3.63) is 29.0 Å². The number of halogens is 2. The third-order valence-corrected chi connectivity index (χ3v) is 2.13. The molecule has 0 aliphatic heterocycles. The number of nitrogens with two attached hydrogens (primary N) is 1. The molecule has 0 aromatic heterocycles. The highest BCUT2D eigenvalue weighted by Crippen LogP contribution is 2.20. The van der Waals surface area contributed by atoms with Crippen LogP contribution < -0.4 is 10.5 Å². The van der Waals surface area contributed by atoms with E-state index >= 15 is 0 Å². The molecule has 1 atom stereocenters. The average molecular weight is 218 g/mol. The zero-order chi connectivity index (χ0) is 10.6. The van der Waals surface area contributed by atoms with Crippen molar-refractivity contribution >= 4 is 11.6 Å². The Morgan fingerprint density at radius 1 is 1.57 bits per heavy atom. The van der Waals surface area contributed by atoms with Crippen LogP contribution in [0.3, 0.4) is 0 Å². The molecule has 0 radical (unpaired) electrons. The third-order valence-electron chi connectivity index (χ3n) is 1.83. The summed E-state index contributed by atoms with van der Waals surface area (Å²) >= 11 is 5.52. The van der Waals surface area contributed by atoms with E-state index in [1.54, 1.807) is 6.07 Å². The molecule has 0 aliphatic carbocycles. The largest absolute Gasteiger partial charge is 0.493 e. The van der Waals surface area contributed by atoms with E-state index in [0.29, 0.717) is 18.9 Å². The SMILES string of the molecule is CC(CN)COc1ccc(Cl)c(F)c1. The molecule has 0 bridgehead atoms. The van der Waals surface area contributed by atoms with Crippen molar-refractivity contribution in [2.75, 3.05) is 13.2 Å². The van der Waals surface area contributed by atoms with Gasteiger partial charge in [-0.2, -0.15) is 0 Å². The lowest BCUT2D eigenvalue weighted by atomic mass is 10.2. The number of benzene rings is 1. The molecule has 0 saturated carbocycles. The molecule has 14 heavy (non-hydrogen) atoms. The predicted octanol–water partition coefficient (Wildman–Crippen LogP) is 2.45. The first-order valence-electron chi connectivity index (χ1n) is 4.41. The molecule has 1 unspecified atom stereocenters. The minimum atomic E-state index is -0.468. The first-order chi connectivity index (χ1) is 6.63. The van der Waals surface area contributed by atoms with Crippen molar-refractivity contribution in [2.45, 2.75) is 6.92 Å². The quantitative estimate of drug-likeness (QED) is 0.841. The molecule has 0 spiro atoms. The summed E-state index contributed by atoms with van der Waals surface area (Å²) in [5.74, 6) is 0.269. The van der Waals surface area contributed by atoms with Crippen molar-refractivity contribution in [2.24, 2.45) is 11.7 Å². The second kappa shape index (κ2) is 5.17. The Balaban J connectivity index is 2.55. The fourth-order valence-corrected chi connectivity index (χ4v) is 0.991. The Labute approximate surface area is 87.8 Å². The van der Waals surface area contributed by atoms with E-state index in [4.69, 9.17) is 22.1 Å². The fraction of sp³-hybridized carbons (Fsp3) is 0.400. The Hall–Kier alpha value is -0.800. The molecule has 1 rings (SSSR count). The summed E-state index contributed by atoms with van der Waals surface area (Å²) < 4.78 is 18.3. The van der Waals surface area contributed by atoms with Crippen LogP contribution in [0.15, 0.2) is 18.2 Å². The standard InChI is InChI=1S/C10H13ClFNO/c1-7(5-13)6-14-8-2-3-9(11)10(12)4-8/h2-4,7H,5-6,13H2,1H3. The zero-order valence-corrected chi connectivity index (χ0v) is 8.72. The highest BCUT2D eigenvalue weighted by molar-refractivity contribution is 6.30. The second-order valence-corrected chi connectivity index (χ2v) is 3.63. The van der Waals surface area contributed by atoms with E-state index in [2.05, 4.69) is 0 Å². The minimum absolute atomic E-state index is 0.101. The van der Waals surface area contributed by atoms with Gasteiger partial charge in [-0.15, -0.1) is 0 Å². The van der Waals surface area contributed by atoms with Crippen molar-refractivity contribution in [3.63, 3.8) is 0 Å². The number of ether oxygens (including phenoxy) is 1. The van der Waals surface area contributed by atoms with Gasteiger partial charge in [0.15, 0.2) is 0 Å². The highest BCUT2D eigenvalue weighted by Gasteiger charge is 2.03. The van der Waals surface area contributed by atoms with Gasteiger partial charge in [-0.25, -0.2) is 4.39 Å². The van der Waals surface area contributed by atoms with Gasteiger partial charge >= 0.3 is 0 Å².